The lowest BCUT2D eigenvalue weighted by Gasteiger charge is -2.17. The van der Waals surface area contributed by atoms with Crippen molar-refractivity contribution in [2.75, 3.05) is 17.7 Å². The molecular formula is C23H19ClN4O5S3. The summed E-state index contributed by atoms with van der Waals surface area (Å²) in [6.07, 6.45) is 4.36. The van der Waals surface area contributed by atoms with E-state index >= 15 is 0 Å². The van der Waals surface area contributed by atoms with Crippen molar-refractivity contribution in [3.63, 3.8) is 0 Å². The average Bonchev–Trinajstić information content (AvgIpc) is 3.42. The lowest BCUT2D eigenvalue weighted by Crippen LogP contribution is -2.41. The fourth-order valence-corrected chi connectivity index (χ4v) is 7.62. The predicted octanol–water partition coefficient (Wildman–Crippen LogP) is 3.50. The quantitative estimate of drug-likeness (QED) is 0.381. The minimum atomic E-state index is -3.96. The first-order valence-electron chi connectivity index (χ1n) is 10.7. The molecule has 3 aromatic heterocycles. The van der Waals surface area contributed by atoms with Gasteiger partial charge in [0, 0.05) is 41.7 Å². The number of pyridine rings is 2. The smallest absolute Gasteiger partial charge is 0.250 e. The number of carbonyl (C=O) groups is 1. The number of nitrogens with zero attached hydrogens (tertiary/aromatic N) is 3. The maximum absolute atomic E-state index is 13.0. The highest BCUT2D eigenvalue weighted by Gasteiger charge is 2.36. The van der Waals surface area contributed by atoms with E-state index in [1.807, 2.05) is 0 Å². The number of nitrogens with one attached hydrogen (secondary N) is 1. The third-order valence-electron chi connectivity index (χ3n) is 5.71. The van der Waals surface area contributed by atoms with E-state index < -0.39 is 31.8 Å². The van der Waals surface area contributed by atoms with Crippen molar-refractivity contribution in [1.29, 1.82) is 0 Å². The fraction of sp³-hybridized carbons (Fsp3) is 0.174. The van der Waals surface area contributed by atoms with Crippen LogP contribution in [0.2, 0.25) is 5.02 Å². The second-order valence-corrected chi connectivity index (χ2v) is 13.6. The van der Waals surface area contributed by atoms with Gasteiger partial charge in [-0.05, 0) is 36.8 Å². The van der Waals surface area contributed by atoms with Gasteiger partial charge in [0.1, 0.15) is 20.9 Å². The molecule has 5 rings (SSSR count). The molecule has 1 aliphatic rings. The van der Waals surface area contributed by atoms with E-state index in [0.717, 1.165) is 17.6 Å². The Hall–Kier alpha value is -2.90. The second kappa shape index (κ2) is 9.20. The molecule has 4 aromatic rings. The lowest BCUT2D eigenvalue weighted by molar-refractivity contribution is -0.118. The number of anilines is 1. The minimum Gasteiger partial charge on any atom is -0.295 e. The van der Waals surface area contributed by atoms with Crippen LogP contribution in [-0.2, 0) is 24.7 Å². The number of aromatic nitrogens is 2. The Morgan fingerprint density at radius 3 is 2.56 bits per heavy atom. The molecule has 1 aliphatic heterocycles. The maximum atomic E-state index is 13.0. The van der Waals surface area contributed by atoms with E-state index in [-0.39, 0.29) is 22.1 Å². The van der Waals surface area contributed by atoms with Crippen LogP contribution in [0.25, 0.3) is 21.3 Å². The van der Waals surface area contributed by atoms with Crippen molar-refractivity contribution < 1.29 is 21.6 Å². The number of benzene rings is 1. The normalized spacial score (nSPS) is 16.7. The van der Waals surface area contributed by atoms with Crippen molar-refractivity contribution >= 4 is 64.7 Å². The number of fused-ring (bicyclic) bond motifs is 1. The lowest BCUT2D eigenvalue weighted by atomic mass is 10.1. The molecule has 1 aromatic carbocycles. The Morgan fingerprint density at radius 2 is 1.83 bits per heavy atom. The highest BCUT2D eigenvalue weighted by molar-refractivity contribution is 7.91. The molecule has 0 spiro atoms. The van der Waals surface area contributed by atoms with Crippen LogP contribution in [0.1, 0.15) is 6.42 Å². The highest BCUT2D eigenvalue weighted by atomic mass is 35.5. The monoisotopic (exact) mass is 562 g/mol. The number of thiophene rings is 1. The van der Waals surface area contributed by atoms with Crippen LogP contribution in [0.15, 0.2) is 70.0 Å². The van der Waals surface area contributed by atoms with Gasteiger partial charge in [-0.3, -0.25) is 9.69 Å². The maximum Gasteiger partial charge on any atom is 0.250 e. The second-order valence-electron chi connectivity index (χ2n) is 8.24. The van der Waals surface area contributed by atoms with Gasteiger partial charge < -0.3 is 0 Å². The summed E-state index contributed by atoms with van der Waals surface area (Å²) in [6.45, 7) is 0.280. The number of rotatable bonds is 6. The third kappa shape index (κ3) is 4.74. The SMILES string of the molecule is CS(=O)(=O)c1ccccc1-c1ccc(N2CCC(NS(=O)(=O)c3cc4cc(Cl)cnc4s3)C2=O)nc1. The molecule has 0 radical (unpaired) electrons. The largest absolute Gasteiger partial charge is 0.295 e. The molecule has 1 atom stereocenters. The van der Waals surface area contributed by atoms with E-state index in [0.29, 0.717) is 32.2 Å². The van der Waals surface area contributed by atoms with Gasteiger partial charge in [-0.25, -0.2) is 26.8 Å². The van der Waals surface area contributed by atoms with E-state index in [2.05, 4.69) is 14.7 Å². The highest BCUT2D eigenvalue weighted by Crippen LogP contribution is 2.31. The van der Waals surface area contributed by atoms with E-state index in [1.54, 1.807) is 36.4 Å². The number of carbonyl (C=O) groups excluding carboxylic acids is 1. The molecule has 1 N–H and O–H groups in total. The summed E-state index contributed by atoms with van der Waals surface area (Å²) in [6, 6.07) is 12.1. The Morgan fingerprint density at radius 1 is 1.06 bits per heavy atom. The van der Waals surface area contributed by atoms with E-state index in [1.165, 1.54) is 29.4 Å². The summed E-state index contributed by atoms with van der Waals surface area (Å²) in [4.78, 5) is 23.6. The molecule has 9 nitrogen and oxygen atoms in total. The van der Waals surface area contributed by atoms with E-state index in [4.69, 9.17) is 11.6 Å². The van der Waals surface area contributed by atoms with Crippen LogP contribution in [0.3, 0.4) is 0 Å². The molecular weight excluding hydrogens is 544 g/mol. The molecule has 0 saturated carbocycles. The topological polar surface area (TPSA) is 126 Å². The Bertz CT molecular complexity index is 1700. The summed E-state index contributed by atoms with van der Waals surface area (Å²) < 4.78 is 52.7. The van der Waals surface area contributed by atoms with Gasteiger partial charge in [0.15, 0.2) is 9.84 Å². The summed E-state index contributed by atoms with van der Waals surface area (Å²) in [5.74, 6) is -0.0689. The van der Waals surface area contributed by atoms with Gasteiger partial charge in [-0.2, -0.15) is 4.72 Å². The van der Waals surface area contributed by atoms with Gasteiger partial charge in [0.05, 0.1) is 9.92 Å². The number of hydrogen-bond acceptors (Lipinski definition) is 8. The van der Waals surface area contributed by atoms with Crippen LogP contribution in [-0.4, -0.2) is 51.6 Å². The Kier molecular flexibility index (Phi) is 6.33. The summed E-state index contributed by atoms with van der Waals surface area (Å²) in [7, 11) is -7.40. The number of amides is 1. The van der Waals surface area contributed by atoms with Gasteiger partial charge in [0.2, 0.25) is 5.91 Å². The third-order valence-corrected chi connectivity index (χ3v) is 10.1. The number of hydrogen-bond donors (Lipinski definition) is 1. The van der Waals surface area contributed by atoms with Crippen LogP contribution in [0.5, 0.6) is 0 Å². The zero-order valence-electron chi connectivity index (χ0n) is 18.8. The van der Waals surface area contributed by atoms with Gasteiger partial charge >= 0.3 is 0 Å². The molecule has 0 bridgehead atoms. The summed E-state index contributed by atoms with van der Waals surface area (Å²) in [5.41, 5.74) is 1.10. The first-order chi connectivity index (χ1) is 17.0. The molecule has 1 saturated heterocycles. The van der Waals surface area contributed by atoms with Crippen molar-refractivity contribution in [3.05, 3.63) is 65.9 Å². The summed E-state index contributed by atoms with van der Waals surface area (Å²) >= 11 is 6.94. The van der Waals surface area contributed by atoms with Crippen molar-refractivity contribution in [2.45, 2.75) is 21.6 Å². The van der Waals surface area contributed by atoms with Gasteiger partial charge in [-0.15, -0.1) is 11.3 Å². The van der Waals surface area contributed by atoms with Crippen molar-refractivity contribution in [3.8, 4) is 11.1 Å². The zero-order chi connectivity index (χ0) is 25.7. The minimum absolute atomic E-state index is 0.0468. The first-order valence-corrected chi connectivity index (χ1v) is 15.2. The first kappa shape index (κ1) is 24.8. The molecule has 13 heteroatoms. The van der Waals surface area contributed by atoms with Crippen LogP contribution in [0.4, 0.5) is 5.82 Å². The number of halogens is 1. The van der Waals surface area contributed by atoms with E-state index in [9.17, 15) is 21.6 Å². The summed E-state index contributed by atoms with van der Waals surface area (Å²) in [5, 5.41) is 1.01. The zero-order valence-corrected chi connectivity index (χ0v) is 22.0. The van der Waals surface area contributed by atoms with Gasteiger partial charge in [-0.1, -0.05) is 29.8 Å². The number of sulfone groups is 1. The molecule has 1 fully saturated rings. The molecule has 4 heterocycles. The molecule has 0 aliphatic carbocycles. The molecule has 1 unspecified atom stereocenters. The Balaban J connectivity index is 1.34. The van der Waals surface area contributed by atoms with Crippen LogP contribution in [0, 0.1) is 0 Å². The molecule has 36 heavy (non-hydrogen) atoms. The molecule has 1 amide bonds. The van der Waals surface area contributed by atoms with Crippen molar-refractivity contribution in [1.82, 2.24) is 14.7 Å². The fourth-order valence-electron chi connectivity index (χ4n) is 4.01. The molecule has 186 valence electrons. The standard InChI is InChI=1S/C23H19ClN4O5S3/c1-35(30,31)19-5-3-2-4-17(19)14-6-7-20(25-12-14)28-9-8-18(23(28)29)27-36(32,33)21-11-15-10-16(24)13-26-22(15)34-21/h2-7,10-13,18,27H,8-9H2,1H3. The average molecular weight is 563 g/mol. The predicted molar refractivity (Wildman–Crippen MR) is 138 cm³/mol. The van der Waals surface area contributed by atoms with Crippen LogP contribution >= 0.6 is 22.9 Å². The van der Waals surface area contributed by atoms with Gasteiger partial charge in [0.25, 0.3) is 10.0 Å². The van der Waals surface area contributed by atoms with Crippen LogP contribution < -0.4 is 9.62 Å². The number of sulfonamides is 1. The van der Waals surface area contributed by atoms with Crippen molar-refractivity contribution in [2.24, 2.45) is 0 Å². The Labute approximate surface area is 216 Å².